The third-order valence-electron chi connectivity index (χ3n) is 2.38. The van der Waals surface area contributed by atoms with Gasteiger partial charge in [-0.1, -0.05) is 39.7 Å². The molecule has 0 spiro atoms. The molecule has 0 saturated carbocycles. The van der Waals surface area contributed by atoms with Crippen LogP contribution in [0.15, 0.2) is 24.3 Å². The third kappa shape index (κ3) is 5.09. The van der Waals surface area contributed by atoms with Crippen LogP contribution >= 0.6 is 27.5 Å². The first-order chi connectivity index (χ1) is 7.80. The van der Waals surface area contributed by atoms with Gasteiger partial charge in [-0.3, -0.25) is 4.79 Å². The van der Waals surface area contributed by atoms with Gasteiger partial charge < -0.3 is 5.32 Å². The molecular formula is C13H17BrClNO. The van der Waals surface area contributed by atoms with Crippen LogP contribution in [0.1, 0.15) is 26.3 Å². The zero-order chi connectivity index (χ0) is 13.1. The van der Waals surface area contributed by atoms with Crippen LogP contribution < -0.4 is 5.32 Å². The van der Waals surface area contributed by atoms with Crippen LogP contribution in [-0.2, 0) is 11.2 Å². The van der Waals surface area contributed by atoms with Gasteiger partial charge in [-0.15, -0.1) is 0 Å². The number of amides is 1. The molecule has 1 aromatic rings. The fourth-order valence-electron chi connectivity index (χ4n) is 1.59. The minimum absolute atomic E-state index is 0.00367. The molecule has 0 bridgehead atoms. The van der Waals surface area contributed by atoms with Crippen molar-refractivity contribution in [3.05, 3.63) is 34.9 Å². The van der Waals surface area contributed by atoms with Crippen LogP contribution in [0.25, 0.3) is 0 Å². The van der Waals surface area contributed by atoms with E-state index in [0.717, 1.165) is 17.0 Å². The van der Waals surface area contributed by atoms with Crippen LogP contribution in [0, 0.1) is 0 Å². The van der Waals surface area contributed by atoms with Gasteiger partial charge in [0.05, 0.1) is 4.83 Å². The SMILES string of the molecule is CC(Br)C(=O)NC(C)(C)Cc1ccc(Cl)cc1. The van der Waals surface area contributed by atoms with Gasteiger partial charge in [-0.05, 0) is 44.9 Å². The molecule has 1 N–H and O–H groups in total. The number of nitrogens with one attached hydrogen (secondary N) is 1. The van der Waals surface area contributed by atoms with Crippen molar-refractivity contribution < 1.29 is 4.79 Å². The third-order valence-corrected chi connectivity index (χ3v) is 3.05. The Morgan fingerprint density at radius 1 is 1.41 bits per heavy atom. The highest BCUT2D eigenvalue weighted by Gasteiger charge is 2.22. The van der Waals surface area contributed by atoms with Crippen LogP contribution in [0.5, 0.6) is 0 Å². The quantitative estimate of drug-likeness (QED) is 0.845. The van der Waals surface area contributed by atoms with E-state index in [1.54, 1.807) is 0 Å². The van der Waals surface area contributed by atoms with Gasteiger partial charge >= 0.3 is 0 Å². The number of carbonyl (C=O) groups is 1. The first-order valence-electron chi connectivity index (χ1n) is 5.51. The summed E-state index contributed by atoms with van der Waals surface area (Å²) in [7, 11) is 0. The van der Waals surface area contributed by atoms with Crippen molar-refractivity contribution in [1.29, 1.82) is 0 Å². The molecule has 2 nitrogen and oxygen atoms in total. The van der Waals surface area contributed by atoms with E-state index in [1.165, 1.54) is 0 Å². The van der Waals surface area contributed by atoms with E-state index < -0.39 is 0 Å². The van der Waals surface area contributed by atoms with Crippen molar-refractivity contribution >= 4 is 33.4 Å². The maximum atomic E-state index is 11.6. The summed E-state index contributed by atoms with van der Waals surface area (Å²) in [5.74, 6) is 0.00367. The van der Waals surface area contributed by atoms with Gasteiger partial charge in [-0.2, -0.15) is 0 Å². The molecule has 1 atom stereocenters. The lowest BCUT2D eigenvalue weighted by atomic mass is 9.95. The number of hydrogen-bond donors (Lipinski definition) is 1. The smallest absolute Gasteiger partial charge is 0.233 e. The van der Waals surface area contributed by atoms with Crippen molar-refractivity contribution in [1.82, 2.24) is 5.32 Å². The fraction of sp³-hybridized carbons (Fsp3) is 0.462. The van der Waals surface area contributed by atoms with Crippen molar-refractivity contribution in [2.75, 3.05) is 0 Å². The van der Waals surface area contributed by atoms with Gasteiger partial charge in [0.2, 0.25) is 5.91 Å². The normalized spacial score (nSPS) is 13.2. The Balaban J connectivity index is 2.66. The summed E-state index contributed by atoms with van der Waals surface area (Å²) in [5, 5.41) is 3.73. The van der Waals surface area contributed by atoms with Gasteiger partial charge in [0.1, 0.15) is 0 Å². The summed E-state index contributed by atoms with van der Waals surface area (Å²) in [6.45, 7) is 5.83. The molecule has 1 unspecified atom stereocenters. The summed E-state index contributed by atoms with van der Waals surface area (Å²) in [6, 6.07) is 7.69. The summed E-state index contributed by atoms with van der Waals surface area (Å²) >= 11 is 9.09. The highest BCUT2D eigenvalue weighted by Crippen LogP contribution is 2.16. The van der Waals surface area contributed by atoms with Crippen molar-refractivity contribution in [3.8, 4) is 0 Å². The Morgan fingerprint density at radius 2 is 1.94 bits per heavy atom. The molecule has 0 heterocycles. The molecular weight excluding hydrogens is 302 g/mol. The highest BCUT2D eigenvalue weighted by atomic mass is 79.9. The topological polar surface area (TPSA) is 29.1 Å². The zero-order valence-corrected chi connectivity index (χ0v) is 12.6. The summed E-state index contributed by atoms with van der Waals surface area (Å²) in [4.78, 5) is 11.4. The van der Waals surface area contributed by atoms with Gasteiger partial charge in [0, 0.05) is 10.6 Å². The Bertz CT molecular complexity index is 387. The number of alkyl halides is 1. The van der Waals surface area contributed by atoms with Crippen LogP contribution in [0.2, 0.25) is 5.02 Å². The van der Waals surface area contributed by atoms with E-state index >= 15 is 0 Å². The highest BCUT2D eigenvalue weighted by molar-refractivity contribution is 9.10. The second-order valence-electron chi connectivity index (χ2n) is 4.79. The number of hydrogen-bond acceptors (Lipinski definition) is 1. The standard InChI is InChI=1S/C13H17BrClNO/c1-9(14)12(17)16-13(2,3)8-10-4-6-11(15)7-5-10/h4-7,9H,8H2,1-3H3,(H,16,17). The van der Waals surface area contributed by atoms with E-state index in [4.69, 9.17) is 11.6 Å². The van der Waals surface area contributed by atoms with E-state index in [1.807, 2.05) is 45.0 Å². The van der Waals surface area contributed by atoms with Gasteiger partial charge in [-0.25, -0.2) is 0 Å². The van der Waals surface area contributed by atoms with Gasteiger partial charge in [0.15, 0.2) is 0 Å². The Labute approximate surface area is 116 Å². The molecule has 0 saturated heterocycles. The first kappa shape index (κ1) is 14.5. The molecule has 1 aromatic carbocycles. The lowest BCUT2D eigenvalue weighted by Gasteiger charge is -2.27. The maximum absolute atomic E-state index is 11.6. The summed E-state index contributed by atoms with van der Waals surface area (Å²) in [5.41, 5.74) is 0.884. The Hall–Kier alpha value is -0.540. The van der Waals surface area contributed by atoms with E-state index in [9.17, 15) is 4.79 Å². The lowest BCUT2D eigenvalue weighted by Crippen LogP contribution is -2.47. The van der Waals surface area contributed by atoms with Crippen molar-refractivity contribution in [3.63, 3.8) is 0 Å². The predicted molar refractivity (Wildman–Crippen MR) is 75.8 cm³/mol. The molecule has 4 heteroatoms. The first-order valence-corrected chi connectivity index (χ1v) is 6.80. The van der Waals surface area contributed by atoms with E-state index in [-0.39, 0.29) is 16.3 Å². The lowest BCUT2D eigenvalue weighted by molar-refractivity contribution is -0.121. The van der Waals surface area contributed by atoms with Crippen LogP contribution in [0.4, 0.5) is 0 Å². The summed E-state index contributed by atoms with van der Waals surface area (Å²) < 4.78 is 0. The molecule has 1 amide bonds. The van der Waals surface area contributed by atoms with Gasteiger partial charge in [0.25, 0.3) is 0 Å². The molecule has 0 aliphatic heterocycles. The zero-order valence-electron chi connectivity index (χ0n) is 10.3. The Kier molecular flexibility index (Phi) is 5.02. The predicted octanol–water partition coefficient (Wildman–Crippen LogP) is 3.56. The Morgan fingerprint density at radius 3 is 2.41 bits per heavy atom. The monoisotopic (exact) mass is 317 g/mol. The number of halogens is 2. The largest absolute Gasteiger partial charge is 0.350 e. The second-order valence-corrected chi connectivity index (χ2v) is 6.60. The minimum atomic E-state index is -0.271. The molecule has 0 aliphatic carbocycles. The van der Waals surface area contributed by atoms with Crippen molar-refractivity contribution in [2.45, 2.75) is 37.6 Å². The average molecular weight is 319 g/mol. The van der Waals surface area contributed by atoms with Crippen LogP contribution in [0.3, 0.4) is 0 Å². The maximum Gasteiger partial charge on any atom is 0.233 e. The number of carbonyl (C=O) groups excluding carboxylic acids is 1. The molecule has 17 heavy (non-hydrogen) atoms. The van der Waals surface area contributed by atoms with E-state index in [0.29, 0.717) is 0 Å². The molecule has 0 aliphatic rings. The van der Waals surface area contributed by atoms with Crippen LogP contribution in [-0.4, -0.2) is 16.3 Å². The van der Waals surface area contributed by atoms with Crippen molar-refractivity contribution in [2.24, 2.45) is 0 Å². The number of rotatable bonds is 4. The molecule has 1 rings (SSSR count). The van der Waals surface area contributed by atoms with E-state index in [2.05, 4.69) is 21.2 Å². The average Bonchev–Trinajstić information content (AvgIpc) is 2.20. The second kappa shape index (κ2) is 5.87. The minimum Gasteiger partial charge on any atom is -0.350 e. The molecule has 0 fully saturated rings. The fourth-order valence-corrected chi connectivity index (χ4v) is 1.83. The molecule has 0 aromatic heterocycles. The number of benzene rings is 1. The molecule has 94 valence electrons. The molecule has 0 radical (unpaired) electrons. The summed E-state index contributed by atoms with van der Waals surface area (Å²) in [6.07, 6.45) is 0.773.